The standard InChI is InChI=1S/C17H36O3Si/c1-4-7-10-13-21(14-11-8-5-2,15-12-9-6-3)20-17(19)16-18/h18H,4-16H2,1-3H3. The Morgan fingerprint density at radius 1 is 0.810 bits per heavy atom. The van der Waals surface area contributed by atoms with E-state index >= 15 is 0 Å². The molecule has 0 heterocycles. The summed E-state index contributed by atoms with van der Waals surface area (Å²) in [6, 6.07) is 3.25. The first kappa shape index (κ1) is 20.6. The average Bonchev–Trinajstić information content (AvgIpc) is 2.48. The summed E-state index contributed by atoms with van der Waals surface area (Å²) >= 11 is 0. The second-order valence-corrected chi connectivity index (χ2v) is 10.3. The maximum atomic E-state index is 11.7. The van der Waals surface area contributed by atoms with Crippen molar-refractivity contribution in [2.45, 2.75) is 96.7 Å². The van der Waals surface area contributed by atoms with Crippen LogP contribution in [0.25, 0.3) is 0 Å². The van der Waals surface area contributed by atoms with Crippen molar-refractivity contribution >= 4 is 14.3 Å². The summed E-state index contributed by atoms with van der Waals surface area (Å²) in [5, 5.41) is 9.06. The Hall–Kier alpha value is -0.353. The minimum absolute atomic E-state index is 0.397. The zero-order valence-electron chi connectivity index (χ0n) is 14.5. The number of carbonyl (C=O) groups is 1. The molecule has 0 aromatic heterocycles. The lowest BCUT2D eigenvalue weighted by Crippen LogP contribution is -2.41. The topological polar surface area (TPSA) is 46.5 Å². The van der Waals surface area contributed by atoms with E-state index in [4.69, 9.17) is 9.53 Å². The molecule has 1 N–H and O–H groups in total. The summed E-state index contributed by atoms with van der Waals surface area (Å²) in [4.78, 5) is 11.7. The van der Waals surface area contributed by atoms with Gasteiger partial charge in [0.15, 0.2) is 0 Å². The molecule has 0 rings (SSSR count). The average molecular weight is 317 g/mol. The molecule has 0 unspecified atom stereocenters. The third-order valence-electron chi connectivity index (χ3n) is 4.17. The Morgan fingerprint density at radius 2 is 1.19 bits per heavy atom. The summed E-state index contributed by atoms with van der Waals surface area (Å²) in [5.74, 6) is -0.397. The zero-order chi connectivity index (χ0) is 16.0. The molecule has 0 aliphatic heterocycles. The molecule has 0 aromatic rings. The molecule has 21 heavy (non-hydrogen) atoms. The SMILES string of the molecule is CCCCC[Si](CCCCC)(CCCCC)OC(=O)CO. The van der Waals surface area contributed by atoms with Gasteiger partial charge in [-0.25, -0.2) is 0 Å². The van der Waals surface area contributed by atoms with Gasteiger partial charge in [-0.3, -0.25) is 4.79 Å². The van der Waals surface area contributed by atoms with Gasteiger partial charge in [0, 0.05) is 0 Å². The first-order chi connectivity index (χ1) is 10.1. The number of aliphatic hydroxyl groups is 1. The molecular formula is C17H36O3Si. The molecule has 4 heteroatoms. The Labute approximate surface area is 132 Å². The number of rotatable bonds is 14. The highest BCUT2D eigenvalue weighted by atomic mass is 28.4. The van der Waals surface area contributed by atoms with E-state index in [9.17, 15) is 4.79 Å². The first-order valence-electron chi connectivity index (χ1n) is 8.96. The molecule has 0 saturated heterocycles. The molecular weight excluding hydrogens is 280 g/mol. The zero-order valence-corrected chi connectivity index (χ0v) is 15.5. The monoisotopic (exact) mass is 316 g/mol. The highest BCUT2D eigenvalue weighted by molar-refractivity contribution is 6.75. The fraction of sp³-hybridized carbons (Fsp3) is 0.941. The van der Waals surface area contributed by atoms with Crippen LogP contribution in [0.15, 0.2) is 0 Å². The number of hydrogen-bond acceptors (Lipinski definition) is 3. The fourth-order valence-corrected chi connectivity index (χ4v) is 7.18. The van der Waals surface area contributed by atoms with Crippen LogP contribution in [-0.2, 0) is 9.22 Å². The Morgan fingerprint density at radius 3 is 1.48 bits per heavy atom. The Kier molecular flexibility index (Phi) is 13.1. The molecule has 0 amide bonds. The van der Waals surface area contributed by atoms with E-state index in [0.29, 0.717) is 0 Å². The quantitative estimate of drug-likeness (QED) is 0.361. The molecule has 0 bridgehead atoms. The van der Waals surface area contributed by atoms with Gasteiger partial charge < -0.3 is 9.53 Å². The summed E-state index contributed by atoms with van der Waals surface area (Å²) in [7, 11) is -2.00. The summed E-state index contributed by atoms with van der Waals surface area (Å²) in [5.41, 5.74) is 0. The molecule has 0 radical (unpaired) electrons. The summed E-state index contributed by atoms with van der Waals surface area (Å²) in [6.07, 6.45) is 10.7. The molecule has 0 aliphatic rings. The van der Waals surface area contributed by atoms with E-state index in [-0.39, 0.29) is 0 Å². The smallest absolute Gasteiger partial charge is 0.318 e. The van der Waals surface area contributed by atoms with Crippen LogP contribution in [-0.4, -0.2) is 26.0 Å². The van der Waals surface area contributed by atoms with Crippen LogP contribution in [0.4, 0.5) is 0 Å². The molecule has 0 saturated carbocycles. The van der Waals surface area contributed by atoms with Gasteiger partial charge in [-0.05, 0) is 18.1 Å². The second-order valence-electron chi connectivity index (χ2n) is 6.19. The van der Waals surface area contributed by atoms with E-state index < -0.39 is 20.9 Å². The maximum absolute atomic E-state index is 11.7. The van der Waals surface area contributed by atoms with Crippen LogP contribution in [0.5, 0.6) is 0 Å². The van der Waals surface area contributed by atoms with Crippen molar-refractivity contribution in [3.05, 3.63) is 0 Å². The van der Waals surface area contributed by atoms with Crippen molar-refractivity contribution < 1.29 is 14.3 Å². The molecule has 0 aliphatic carbocycles. The van der Waals surface area contributed by atoms with E-state index in [0.717, 1.165) is 18.1 Å². The third-order valence-corrected chi connectivity index (χ3v) is 8.62. The third kappa shape index (κ3) is 10.1. The second kappa shape index (κ2) is 13.3. The van der Waals surface area contributed by atoms with Gasteiger partial charge in [0.05, 0.1) is 0 Å². The summed E-state index contributed by atoms with van der Waals surface area (Å²) < 4.78 is 5.88. The Bertz CT molecular complexity index is 230. The summed E-state index contributed by atoms with van der Waals surface area (Å²) in [6.45, 7) is 6.15. The van der Waals surface area contributed by atoms with Gasteiger partial charge in [-0.2, -0.15) is 0 Å². The van der Waals surface area contributed by atoms with Crippen molar-refractivity contribution in [1.29, 1.82) is 0 Å². The predicted octanol–water partition coefficient (Wildman–Crippen LogP) is 5.04. The number of hydrogen-bond donors (Lipinski definition) is 1. The van der Waals surface area contributed by atoms with Gasteiger partial charge in [0.1, 0.15) is 6.61 Å². The normalized spacial score (nSPS) is 11.6. The maximum Gasteiger partial charge on any atom is 0.318 e. The number of unbranched alkanes of at least 4 members (excludes halogenated alkanes) is 6. The van der Waals surface area contributed by atoms with Crippen LogP contribution >= 0.6 is 0 Å². The first-order valence-corrected chi connectivity index (χ1v) is 11.5. The number of aliphatic hydroxyl groups excluding tert-OH is 1. The van der Waals surface area contributed by atoms with E-state index in [2.05, 4.69) is 20.8 Å². The predicted molar refractivity (Wildman–Crippen MR) is 91.9 cm³/mol. The highest BCUT2D eigenvalue weighted by Crippen LogP contribution is 2.30. The van der Waals surface area contributed by atoms with Gasteiger partial charge in [-0.1, -0.05) is 78.6 Å². The van der Waals surface area contributed by atoms with Crippen LogP contribution in [0.2, 0.25) is 18.1 Å². The van der Waals surface area contributed by atoms with Crippen LogP contribution < -0.4 is 0 Å². The molecule has 3 nitrogen and oxygen atoms in total. The lowest BCUT2D eigenvalue weighted by Gasteiger charge is -2.31. The molecule has 0 atom stereocenters. The molecule has 0 spiro atoms. The van der Waals surface area contributed by atoms with E-state index in [1.165, 1.54) is 57.8 Å². The highest BCUT2D eigenvalue weighted by Gasteiger charge is 2.36. The number of carbonyl (C=O) groups excluding carboxylic acids is 1. The van der Waals surface area contributed by atoms with Crippen LogP contribution in [0.1, 0.15) is 78.6 Å². The molecule has 0 fully saturated rings. The lowest BCUT2D eigenvalue weighted by atomic mass is 10.3. The van der Waals surface area contributed by atoms with Gasteiger partial charge in [0.2, 0.25) is 0 Å². The lowest BCUT2D eigenvalue weighted by molar-refractivity contribution is -0.138. The van der Waals surface area contributed by atoms with Crippen molar-refractivity contribution in [3.63, 3.8) is 0 Å². The molecule has 0 aromatic carbocycles. The van der Waals surface area contributed by atoms with Gasteiger partial charge >= 0.3 is 5.97 Å². The van der Waals surface area contributed by atoms with Crippen LogP contribution in [0, 0.1) is 0 Å². The van der Waals surface area contributed by atoms with Crippen LogP contribution in [0.3, 0.4) is 0 Å². The van der Waals surface area contributed by atoms with Crippen molar-refractivity contribution in [2.24, 2.45) is 0 Å². The van der Waals surface area contributed by atoms with Gasteiger partial charge in [0.25, 0.3) is 8.32 Å². The largest absolute Gasteiger partial charge is 0.517 e. The van der Waals surface area contributed by atoms with Gasteiger partial charge in [-0.15, -0.1) is 0 Å². The minimum atomic E-state index is -2.00. The van der Waals surface area contributed by atoms with E-state index in [1.807, 2.05) is 0 Å². The fourth-order valence-electron chi connectivity index (χ4n) is 2.89. The molecule has 126 valence electrons. The van der Waals surface area contributed by atoms with E-state index in [1.54, 1.807) is 0 Å². The van der Waals surface area contributed by atoms with Crippen molar-refractivity contribution in [3.8, 4) is 0 Å². The van der Waals surface area contributed by atoms with Crippen molar-refractivity contribution in [2.75, 3.05) is 6.61 Å². The van der Waals surface area contributed by atoms with Crippen molar-refractivity contribution in [1.82, 2.24) is 0 Å². The minimum Gasteiger partial charge on any atom is -0.517 e. The Balaban J connectivity index is 4.73.